The van der Waals surface area contributed by atoms with Gasteiger partial charge in [0.15, 0.2) is 0 Å². The summed E-state index contributed by atoms with van der Waals surface area (Å²) < 4.78 is 7.06. The Morgan fingerprint density at radius 2 is 2.12 bits per heavy atom. The molecule has 0 bridgehead atoms. The monoisotopic (exact) mass is 233 g/mol. The summed E-state index contributed by atoms with van der Waals surface area (Å²) in [7, 11) is 0. The maximum Gasteiger partial charge on any atom is 0.306 e. The van der Waals surface area contributed by atoms with Gasteiger partial charge in [-0.1, -0.05) is 6.07 Å². The molecule has 0 spiro atoms. The van der Waals surface area contributed by atoms with Crippen molar-refractivity contribution in [2.24, 2.45) is 0 Å². The van der Waals surface area contributed by atoms with Gasteiger partial charge in [-0.15, -0.1) is 10.2 Å². The maximum absolute atomic E-state index is 10.3. The molecule has 1 aromatic heterocycles. The molecule has 1 N–H and O–H groups in total. The van der Waals surface area contributed by atoms with Gasteiger partial charge in [0, 0.05) is 6.07 Å². The Morgan fingerprint density at radius 3 is 2.82 bits per heavy atom. The van der Waals surface area contributed by atoms with Gasteiger partial charge in [0.25, 0.3) is 0 Å². The van der Waals surface area contributed by atoms with E-state index in [1.807, 2.05) is 12.1 Å². The van der Waals surface area contributed by atoms with E-state index in [9.17, 15) is 4.79 Å². The molecule has 0 saturated heterocycles. The Bertz CT molecular complexity index is 496. The lowest BCUT2D eigenvalue weighted by Gasteiger charge is -2.06. The number of nitrogens with zero attached hydrogens (tertiary/aromatic N) is 3. The Balaban J connectivity index is 2.04. The van der Waals surface area contributed by atoms with Crippen LogP contribution in [0.3, 0.4) is 0 Å². The third-order valence-electron chi connectivity index (χ3n) is 2.12. The zero-order chi connectivity index (χ0) is 12.1. The van der Waals surface area contributed by atoms with Crippen LogP contribution in [0.5, 0.6) is 5.75 Å². The van der Waals surface area contributed by atoms with E-state index < -0.39 is 5.97 Å². The summed E-state index contributed by atoms with van der Waals surface area (Å²) in [5.41, 5.74) is 0.864. The molecule has 1 heterocycles. The third kappa shape index (κ3) is 3.04. The fourth-order valence-electron chi connectivity index (χ4n) is 1.32. The van der Waals surface area contributed by atoms with E-state index in [1.54, 1.807) is 29.4 Å². The van der Waals surface area contributed by atoms with E-state index in [-0.39, 0.29) is 13.0 Å². The average Bonchev–Trinajstić information content (AvgIpc) is 2.82. The Morgan fingerprint density at radius 1 is 1.35 bits per heavy atom. The van der Waals surface area contributed by atoms with Crippen molar-refractivity contribution in [1.29, 1.82) is 0 Å². The van der Waals surface area contributed by atoms with Crippen molar-refractivity contribution >= 4 is 5.97 Å². The highest BCUT2D eigenvalue weighted by molar-refractivity contribution is 5.66. The fraction of sp³-hybridized carbons (Fsp3) is 0.182. The first kappa shape index (κ1) is 11.1. The number of hydrogen-bond donors (Lipinski definition) is 1. The van der Waals surface area contributed by atoms with Crippen LogP contribution in [0.2, 0.25) is 0 Å². The molecule has 0 radical (unpaired) electrons. The number of ether oxygens (including phenoxy) is 1. The molecule has 88 valence electrons. The summed E-state index contributed by atoms with van der Waals surface area (Å²) >= 11 is 0. The minimum absolute atomic E-state index is 0.0170. The van der Waals surface area contributed by atoms with E-state index in [0.717, 1.165) is 5.69 Å². The normalized spacial score (nSPS) is 10.1. The van der Waals surface area contributed by atoms with Gasteiger partial charge in [0.2, 0.25) is 0 Å². The van der Waals surface area contributed by atoms with E-state index >= 15 is 0 Å². The van der Waals surface area contributed by atoms with Gasteiger partial charge >= 0.3 is 5.97 Å². The number of aliphatic carboxylic acids is 1. The summed E-state index contributed by atoms with van der Waals surface area (Å²) in [5, 5.41) is 15.9. The smallest absolute Gasteiger partial charge is 0.306 e. The van der Waals surface area contributed by atoms with Crippen molar-refractivity contribution in [2.45, 2.75) is 6.42 Å². The topological polar surface area (TPSA) is 77.2 Å². The quantitative estimate of drug-likeness (QED) is 0.837. The van der Waals surface area contributed by atoms with Gasteiger partial charge in [-0.25, -0.2) is 0 Å². The predicted octanol–water partition coefficient (Wildman–Crippen LogP) is 1.12. The first-order valence-corrected chi connectivity index (χ1v) is 5.05. The Hall–Kier alpha value is -2.37. The van der Waals surface area contributed by atoms with E-state index in [1.165, 1.54) is 0 Å². The molecule has 0 aliphatic rings. The summed E-state index contributed by atoms with van der Waals surface area (Å²) in [6, 6.07) is 7.28. The van der Waals surface area contributed by atoms with Crippen molar-refractivity contribution in [3.05, 3.63) is 36.9 Å². The average molecular weight is 233 g/mol. The van der Waals surface area contributed by atoms with Gasteiger partial charge in [0.05, 0.1) is 18.7 Å². The molecule has 0 atom stereocenters. The number of aromatic nitrogens is 3. The largest absolute Gasteiger partial charge is 0.493 e. The molecule has 2 aromatic rings. The van der Waals surface area contributed by atoms with Gasteiger partial charge in [0.1, 0.15) is 18.4 Å². The highest BCUT2D eigenvalue weighted by Gasteiger charge is 2.01. The van der Waals surface area contributed by atoms with Crippen LogP contribution in [-0.4, -0.2) is 32.4 Å². The van der Waals surface area contributed by atoms with Crippen LogP contribution in [0.4, 0.5) is 0 Å². The Kier molecular flexibility index (Phi) is 3.34. The summed E-state index contributed by atoms with van der Waals surface area (Å²) in [4.78, 5) is 10.3. The summed E-state index contributed by atoms with van der Waals surface area (Å²) in [6.45, 7) is 0.154. The number of hydrogen-bond acceptors (Lipinski definition) is 4. The molecule has 0 fully saturated rings. The number of benzene rings is 1. The lowest BCUT2D eigenvalue weighted by atomic mass is 10.3. The van der Waals surface area contributed by atoms with Gasteiger partial charge in [-0.2, -0.15) is 0 Å². The lowest BCUT2D eigenvalue weighted by molar-refractivity contribution is -0.137. The van der Waals surface area contributed by atoms with Crippen LogP contribution in [0.25, 0.3) is 5.69 Å². The van der Waals surface area contributed by atoms with E-state index in [4.69, 9.17) is 9.84 Å². The molecular formula is C11H11N3O3. The van der Waals surface area contributed by atoms with Crippen LogP contribution >= 0.6 is 0 Å². The highest BCUT2D eigenvalue weighted by atomic mass is 16.5. The maximum atomic E-state index is 10.3. The molecule has 1 aromatic carbocycles. The van der Waals surface area contributed by atoms with Gasteiger partial charge in [-0.3, -0.25) is 9.36 Å². The number of carboxylic acid groups (broad SMARTS) is 1. The standard InChI is InChI=1S/C11H11N3O3/c15-11(16)4-5-17-10-3-1-2-9(6-10)14-7-12-13-8-14/h1-3,6-8H,4-5H2,(H,15,16). The fourth-order valence-corrected chi connectivity index (χ4v) is 1.32. The molecule has 0 unspecified atom stereocenters. The minimum Gasteiger partial charge on any atom is -0.493 e. The predicted molar refractivity (Wildman–Crippen MR) is 59.1 cm³/mol. The second kappa shape index (κ2) is 5.11. The lowest BCUT2D eigenvalue weighted by Crippen LogP contribution is -2.05. The summed E-state index contributed by atoms with van der Waals surface area (Å²) in [5.74, 6) is -0.252. The van der Waals surface area contributed by atoms with Gasteiger partial charge < -0.3 is 9.84 Å². The second-order valence-corrected chi connectivity index (χ2v) is 3.36. The van der Waals surface area contributed by atoms with Crippen molar-refractivity contribution in [3.8, 4) is 11.4 Å². The number of rotatable bonds is 5. The van der Waals surface area contributed by atoms with E-state index in [2.05, 4.69) is 10.2 Å². The highest BCUT2D eigenvalue weighted by Crippen LogP contribution is 2.16. The number of carboxylic acids is 1. The van der Waals surface area contributed by atoms with Gasteiger partial charge in [-0.05, 0) is 12.1 Å². The molecule has 0 amide bonds. The van der Waals surface area contributed by atoms with Crippen molar-refractivity contribution in [1.82, 2.24) is 14.8 Å². The SMILES string of the molecule is O=C(O)CCOc1cccc(-n2cnnc2)c1. The molecule has 2 rings (SSSR count). The molecule has 17 heavy (non-hydrogen) atoms. The first-order chi connectivity index (χ1) is 8.25. The zero-order valence-electron chi connectivity index (χ0n) is 8.98. The van der Waals surface area contributed by atoms with Crippen LogP contribution in [-0.2, 0) is 4.79 Å². The van der Waals surface area contributed by atoms with Crippen molar-refractivity contribution in [3.63, 3.8) is 0 Å². The second-order valence-electron chi connectivity index (χ2n) is 3.36. The van der Waals surface area contributed by atoms with E-state index in [0.29, 0.717) is 5.75 Å². The van der Waals surface area contributed by atoms with Crippen molar-refractivity contribution < 1.29 is 14.6 Å². The minimum atomic E-state index is -0.875. The Labute approximate surface area is 97.5 Å². The molecule has 6 heteroatoms. The van der Waals surface area contributed by atoms with Crippen LogP contribution in [0.15, 0.2) is 36.9 Å². The van der Waals surface area contributed by atoms with Crippen LogP contribution < -0.4 is 4.74 Å². The third-order valence-corrected chi connectivity index (χ3v) is 2.12. The number of carbonyl (C=O) groups is 1. The molecular weight excluding hydrogens is 222 g/mol. The molecule has 0 aliphatic carbocycles. The van der Waals surface area contributed by atoms with Crippen LogP contribution in [0.1, 0.15) is 6.42 Å². The summed E-state index contributed by atoms with van der Waals surface area (Å²) in [6.07, 6.45) is 3.14. The van der Waals surface area contributed by atoms with Crippen LogP contribution in [0, 0.1) is 0 Å². The molecule has 6 nitrogen and oxygen atoms in total. The zero-order valence-corrected chi connectivity index (χ0v) is 8.98. The van der Waals surface area contributed by atoms with Crippen molar-refractivity contribution in [2.75, 3.05) is 6.61 Å². The molecule has 0 aliphatic heterocycles. The molecule has 0 saturated carbocycles. The first-order valence-electron chi connectivity index (χ1n) is 5.05.